The van der Waals surface area contributed by atoms with Crippen LogP contribution >= 0.6 is 0 Å². The van der Waals surface area contributed by atoms with Crippen LogP contribution in [-0.2, 0) is 6.42 Å². The van der Waals surface area contributed by atoms with Crippen molar-refractivity contribution >= 4 is 54.9 Å². The van der Waals surface area contributed by atoms with Crippen molar-refractivity contribution in [1.29, 1.82) is 0 Å². The Bertz CT molecular complexity index is 3320. The quantitative estimate of drug-likeness (QED) is 0.191. The third-order valence-electron chi connectivity index (χ3n) is 12.2. The molecule has 1 atom stereocenters. The van der Waals surface area contributed by atoms with Crippen LogP contribution in [0.5, 0.6) is 0 Å². The van der Waals surface area contributed by atoms with Gasteiger partial charge in [-0.3, -0.25) is 4.99 Å². The van der Waals surface area contributed by atoms with Crippen LogP contribution in [0, 0.1) is 0 Å². The second kappa shape index (κ2) is 13.0. The zero-order valence-corrected chi connectivity index (χ0v) is 31.7. The molecule has 0 amide bonds. The Kier molecular flexibility index (Phi) is 7.36. The molecule has 3 nitrogen and oxygen atoms in total. The molecule has 2 aliphatic rings. The van der Waals surface area contributed by atoms with E-state index >= 15 is 0 Å². The number of hydrogen-bond donors (Lipinski definition) is 1. The van der Waals surface area contributed by atoms with Gasteiger partial charge in [0.05, 0.1) is 16.7 Å². The fourth-order valence-corrected chi connectivity index (χ4v) is 9.49. The van der Waals surface area contributed by atoms with Gasteiger partial charge in [0.2, 0.25) is 0 Å². The maximum atomic E-state index is 5.66. The van der Waals surface area contributed by atoms with Crippen molar-refractivity contribution in [3.8, 4) is 27.9 Å². The van der Waals surface area contributed by atoms with Gasteiger partial charge in [-0.2, -0.15) is 0 Å². The highest BCUT2D eigenvalue weighted by Gasteiger charge is 2.32. The molecule has 1 unspecified atom stereocenters. The molecule has 2 aliphatic heterocycles. The van der Waals surface area contributed by atoms with Gasteiger partial charge in [-0.15, -0.1) is 0 Å². The lowest BCUT2D eigenvalue weighted by atomic mass is 9.87. The first-order valence-corrected chi connectivity index (χ1v) is 20.1. The number of nitrogens with zero attached hydrogens (tertiary/aromatic N) is 2. The fraction of sp³-hybridized carbons (Fsp3) is 0.0364. The number of aliphatic imine (C=N–C) groups is 1. The monoisotopic (exact) mass is 739 g/mol. The fourth-order valence-electron chi connectivity index (χ4n) is 9.49. The largest absolute Gasteiger partial charge is 0.339 e. The van der Waals surface area contributed by atoms with Gasteiger partial charge in [0.15, 0.2) is 0 Å². The molecule has 1 N–H and O–H groups in total. The van der Waals surface area contributed by atoms with Crippen molar-refractivity contribution < 1.29 is 0 Å². The van der Waals surface area contributed by atoms with Crippen LogP contribution in [0.3, 0.4) is 0 Å². The number of rotatable bonds is 4. The van der Waals surface area contributed by atoms with Crippen molar-refractivity contribution in [2.24, 2.45) is 4.99 Å². The van der Waals surface area contributed by atoms with E-state index in [0.29, 0.717) is 0 Å². The van der Waals surface area contributed by atoms with Crippen LogP contribution in [0.25, 0.3) is 77.0 Å². The number of benzene rings is 9. The minimum atomic E-state index is -0.229. The summed E-state index contributed by atoms with van der Waals surface area (Å²) in [5.74, 6) is 0.878. The molecule has 1 aromatic heterocycles. The third-order valence-corrected chi connectivity index (χ3v) is 12.2. The van der Waals surface area contributed by atoms with E-state index in [0.717, 1.165) is 34.8 Å². The zero-order chi connectivity index (χ0) is 38.2. The Morgan fingerprint density at radius 2 is 1.16 bits per heavy atom. The van der Waals surface area contributed by atoms with E-state index < -0.39 is 0 Å². The SMILES string of the molecule is c1ccc(C2=NC3C(=C(c4ccc(-c5ccc6ccccc6c5)cc4)N2)Cc2ccc4c5c(-c6ccccc6)cc6ccccc6c5n(c4c2)-c2ccccc23)cc1. The zero-order valence-electron chi connectivity index (χ0n) is 31.7. The summed E-state index contributed by atoms with van der Waals surface area (Å²) in [6.45, 7) is 0. The van der Waals surface area contributed by atoms with Crippen molar-refractivity contribution in [3.63, 3.8) is 0 Å². The van der Waals surface area contributed by atoms with Crippen molar-refractivity contribution in [2.45, 2.75) is 12.5 Å². The molecular formula is C55H37N3. The number of hydrogen-bond acceptors (Lipinski definition) is 2. The van der Waals surface area contributed by atoms with E-state index in [-0.39, 0.29) is 6.04 Å². The lowest BCUT2D eigenvalue weighted by Gasteiger charge is -2.30. The Hall–Kier alpha value is -7.49. The third kappa shape index (κ3) is 5.17. The minimum absolute atomic E-state index is 0.229. The standard InChI is InChI=1S/C55H37N3/c1-3-14-38(15-4-1)47-34-43-19-9-10-20-44(43)54-51(47)45-30-23-35-31-48-52(39-27-24-37(25-28-39)42-29-26-36-13-7-8-18-41(36)33-42)56-55(40-16-5-2-6-17-40)57-53(48)46-21-11-12-22-49(46)58(54)50(45)32-35/h1-30,32-34,53H,31H2,(H,56,57). The van der Waals surface area contributed by atoms with Gasteiger partial charge >= 0.3 is 0 Å². The maximum absolute atomic E-state index is 5.66. The average molecular weight is 740 g/mol. The molecule has 0 saturated heterocycles. The highest BCUT2D eigenvalue weighted by molar-refractivity contribution is 6.24. The molecule has 58 heavy (non-hydrogen) atoms. The molecule has 10 aromatic rings. The highest BCUT2D eigenvalue weighted by Crippen LogP contribution is 2.47. The van der Waals surface area contributed by atoms with Crippen LogP contribution in [0.2, 0.25) is 0 Å². The molecule has 9 aromatic carbocycles. The Labute approximate surface area is 336 Å². The minimum Gasteiger partial charge on any atom is -0.339 e. The van der Waals surface area contributed by atoms with Crippen molar-refractivity contribution in [3.05, 3.63) is 228 Å². The van der Waals surface area contributed by atoms with E-state index in [4.69, 9.17) is 4.99 Å². The molecule has 272 valence electrons. The number of aromatic nitrogens is 1. The van der Waals surface area contributed by atoms with Crippen LogP contribution in [0.4, 0.5) is 0 Å². The van der Waals surface area contributed by atoms with Crippen molar-refractivity contribution in [1.82, 2.24) is 9.88 Å². The molecular weight excluding hydrogens is 703 g/mol. The summed E-state index contributed by atoms with van der Waals surface area (Å²) in [6.07, 6.45) is 0.753. The topological polar surface area (TPSA) is 29.3 Å². The maximum Gasteiger partial charge on any atom is 0.133 e. The Morgan fingerprint density at radius 1 is 0.483 bits per heavy atom. The van der Waals surface area contributed by atoms with Crippen LogP contribution in [-0.4, -0.2) is 10.4 Å². The summed E-state index contributed by atoms with van der Waals surface area (Å²) < 4.78 is 2.54. The molecule has 3 heteroatoms. The predicted molar refractivity (Wildman–Crippen MR) is 243 cm³/mol. The summed E-state index contributed by atoms with van der Waals surface area (Å²) in [4.78, 5) is 5.66. The summed E-state index contributed by atoms with van der Waals surface area (Å²) in [7, 11) is 0. The molecule has 0 fully saturated rings. The van der Waals surface area contributed by atoms with E-state index in [2.05, 4.69) is 210 Å². The van der Waals surface area contributed by atoms with Gasteiger partial charge in [0.1, 0.15) is 11.9 Å². The van der Waals surface area contributed by atoms with Crippen LogP contribution < -0.4 is 5.32 Å². The first-order valence-electron chi connectivity index (χ1n) is 20.1. The summed E-state index contributed by atoms with van der Waals surface area (Å²) in [6, 6.07) is 72.9. The number of amidine groups is 1. The second-order valence-electron chi connectivity index (χ2n) is 15.6. The molecule has 2 bridgehead atoms. The molecule has 0 saturated carbocycles. The Morgan fingerprint density at radius 3 is 1.98 bits per heavy atom. The summed E-state index contributed by atoms with van der Waals surface area (Å²) >= 11 is 0. The highest BCUT2D eigenvalue weighted by atomic mass is 15.1. The first-order chi connectivity index (χ1) is 28.7. The van der Waals surface area contributed by atoms with Crippen LogP contribution in [0.1, 0.15) is 28.3 Å². The first kappa shape index (κ1) is 32.7. The lowest BCUT2D eigenvalue weighted by Crippen LogP contribution is -2.31. The number of para-hydroxylation sites is 1. The lowest BCUT2D eigenvalue weighted by molar-refractivity contribution is 0.785. The molecule has 0 radical (unpaired) electrons. The number of fused-ring (bicyclic) bond motifs is 11. The van der Waals surface area contributed by atoms with Gasteiger partial charge in [0, 0.05) is 33.0 Å². The van der Waals surface area contributed by atoms with E-state index in [1.165, 1.54) is 82.3 Å². The number of nitrogens with one attached hydrogen (secondary N) is 1. The smallest absolute Gasteiger partial charge is 0.133 e. The van der Waals surface area contributed by atoms with Crippen molar-refractivity contribution in [2.75, 3.05) is 0 Å². The van der Waals surface area contributed by atoms with Gasteiger partial charge in [-0.1, -0.05) is 176 Å². The molecule has 0 aliphatic carbocycles. The van der Waals surface area contributed by atoms with Gasteiger partial charge in [-0.25, -0.2) is 0 Å². The Balaban J connectivity index is 1.11. The van der Waals surface area contributed by atoms with E-state index in [9.17, 15) is 0 Å². The molecule has 12 rings (SSSR count). The molecule has 3 heterocycles. The van der Waals surface area contributed by atoms with Gasteiger partial charge in [-0.05, 0) is 85.8 Å². The van der Waals surface area contributed by atoms with Gasteiger partial charge in [0.25, 0.3) is 0 Å². The molecule has 0 spiro atoms. The average Bonchev–Trinajstić information content (AvgIpc) is 3.65. The van der Waals surface area contributed by atoms with E-state index in [1.54, 1.807) is 0 Å². The van der Waals surface area contributed by atoms with Gasteiger partial charge < -0.3 is 9.88 Å². The normalized spacial score (nSPS) is 14.8. The second-order valence-corrected chi connectivity index (χ2v) is 15.6. The predicted octanol–water partition coefficient (Wildman–Crippen LogP) is 13.5. The van der Waals surface area contributed by atoms with E-state index in [1.807, 2.05) is 0 Å². The summed E-state index contributed by atoms with van der Waals surface area (Å²) in [5.41, 5.74) is 15.5. The summed E-state index contributed by atoms with van der Waals surface area (Å²) in [5, 5.41) is 11.4. The van der Waals surface area contributed by atoms with Crippen LogP contribution in [0.15, 0.2) is 211 Å².